The monoisotopic (exact) mass is 333 g/mol. The summed E-state index contributed by atoms with van der Waals surface area (Å²) in [5, 5.41) is 13.3. The van der Waals surface area contributed by atoms with Crippen molar-refractivity contribution in [3.63, 3.8) is 0 Å². The molecule has 0 saturated heterocycles. The largest absolute Gasteiger partial charge is 0.368 e. The number of hydrogen-bond donors (Lipinski definition) is 2. The average molecular weight is 333 g/mol. The Balaban J connectivity index is 2.03. The summed E-state index contributed by atoms with van der Waals surface area (Å²) < 4.78 is 0. The van der Waals surface area contributed by atoms with Crippen molar-refractivity contribution in [1.82, 2.24) is 5.32 Å². The normalized spacial score (nSPS) is 18.7. The minimum atomic E-state index is -0.902. The number of rotatable bonds is 6. The van der Waals surface area contributed by atoms with Gasteiger partial charge in [0.2, 0.25) is 11.8 Å². The summed E-state index contributed by atoms with van der Waals surface area (Å²) in [6.07, 6.45) is 1.94. The van der Waals surface area contributed by atoms with Crippen molar-refractivity contribution < 1.29 is 19.3 Å². The second-order valence-corrected chi connectivity index (χ2v) is 5.95. The molecule has 2 atom stereocenters. The lowest BCUT2D eigenvalue weighted by Crippen LogP contribution is -2.50. The molecule has 0 aromatic heterocycles. The number of Topliss-reactive ketones (excluding diaryl/α,β-unsaturated/α-hetero) is 1. The van der Waals surface area contributed by atoms with E-state index >= 15 is 0 Å². The Labute approximate surface area is 138 Å². The van der Waals surface area contributed by atoms with Gasteiger partial charge in [0.15, 0.2) is 0 Å². The lowest BCUT2D eigenvalue weighted by molar-refractivity contribution is -0.384. The second kappa shape index (κ2) is 7.67. The molecule has 0 heterocycles. The van der Waals surface area contributed by atoms with Crippen LogP contribution in [0, 0.1) is 16.0 Å². The highest BCUT2D eigenvalue weighted by Gasteiger charge is 2.32. The molecule has 3 N–H and O–H groups in total. The Bertz CT molecular complexity index is 673. The molecule has 0 unspecified atom stereocenters. The van der Waals surface area contributed by atoms with Crippen LogP contribution in [-0.4, -0.2) is 28.6 Å². The summed E-state index contributed by atoms with van der Waals surface area (Å²) in [5.74, 6) is -1.37. The quantitative estimate of drug-likeness (QED) is 0.588. The Morgan fingerprint density at radius 2 is 2.17 bits per heavy atom. The summed E-state index contributed by atoms with van der Waals surface area (Å²) in [5.41, 5.74) is 5.72. The van der Waals surface area contributed by atoms with Crippen LogP contribution < -0.4 is 11.1 Å². The van der Waals surface area contributed by atoms with E-state index in [-0.39, 0.29) is 30.2 Å². The standard InChI is InChI=1S/C16H19N3O5/c17-16(22)15(11-4-2-6-13(20)9-11)18-14(21)8-10-3-1-5-12(7-10)19(23)24/h1,3,5,7,11,15H,2,4,6,8-9H2,(H2,17,22)(H,18,21)/t11-,15-/m1/s1. The number of hydrogen-bond acceptors (Lipinski definition) is 5. The first-order valence-corrected chi connectivity index (χ1v) is 7.70. The number of benzene rings is 1. The predicted molar refractivity (Wildman–Crippen MR) is 84.9 cm³/mol. The summed E-state index contributed by atoms with van der Waals surface area (Å²) in [6.45, 7) is 0. The molecular formula is C16H19N3O5. The molecule has 8 heteroatoms. The SMILES string of the molecule is NC(=O)[C@H](NC(=O)Cc1cccc([N+](=O)[O-])c1)[C@@H]1CCCC(=O)C1. The summed E-state index contributed by atoms with van der Waals surface area (Å²) in [6, 6.07) is 4.83. The van der Waals surface area contributed by atoms with Gasteiger partial charge < -0.3 is 11.1 Å². The fraction of sp³-hybridized carbons (Fsp3) is 0.438. The molecule has 2 amide bonds. The molecule has 0 aliphatic heterocycles. The van der Waals surface area contributed by atoms with Crippen molar-refractivity contribution in [3.8, 4) is 0 Å². The van der Waals surface area contributed by atoms with Gasteiger partial charge in [0, 0.05) is 25.0 Å². The molecule has 8 nitrogen and oxygen atoms in total. The third-order valence-corrected chi connectivity index (χ3v) is 4.10. The molecule has 0 bridgehead atoms. The van der Waals surface area contributed by atoms with Crippen LogP contribution in [0.15, 0.2) is 24.3 Å². The van der Waals surface area contributed by atoms with Gasteiger partial charge in [-0.25, -0.2) is 0 Å². The van der Waals surface area contributed by atoms with Gasteiger partial charge in [0.05, 0.1) is 11.3 Å². The van der Waals surface area contributed by atoms with E-state index in [2.05, 4.69) is 5.32 Å². The number of nitro benzene ring substituents is 1. The number of ketones is 1. The Kier molecular flexibility index (Phi) is 5.62. The predicted octanol–water partition coefficient (Wildman–Crippen LogP) is 0.867. The van der Waals surface area contributed by atoms with E-state index < -0.39 is 22.8 Å². The molecule has 24 heavy (non-hydrogen) atoms. The van der Waals surface area contributed by atoms with Gasteiger partial charge in [-0.1, -0.05) is 12.1 Å². The zero-order valence-corrected chi connectivity index (χ0v) is 13.1. The maximum Gasteiger partial charge on any atom is 0.269 e. The number of carbonyl (C=O) groups excluding carboxylic acids is 3. The lowest BCUT2D eigenvalue weighted by atomic mass is 9.83. The third-order valence-electron chi connectivity index (χ3n) is 4.10. The number of carbonyl (C=O) groups is 3. The lowest BCUT2D eigenvalue weighted by Gasteiger charge is -2.28. The maximum absolute atomic E-state index is 12.2. The second-order valence-electron chi connectivity index (χ2n) is 5.95. The molecule has 1 aromatic rings. The van der Waals surface area contributed by atoms with E-state index in [0.717, 1.165) is 0 Å². The Morgan fingerprint density at radius 3 is 2.79 bits per heavy atom. The van der Waals surface area contributed by atoms with Crippen LogP contribution >= 0.6 is 0 Å². The summed E-state index contributed by atoms with van der Waals surface area (Å²) in [4.78, 5) is 45.6. The van der Waals surface area contributed by atoms with Crippen molar-refractivity contribution in [3.05, 3.63) is 39.9 Å². The molecule has 128 valence electrons. The molecule has 1 fully saturated rings. The van der Waals surface area contributed by atoms with Crippen LogP contribution in [0.1, 0.15) is 31.2 Å². The summed E-state index contributed by atoms with van der Waals surface area (Å²) >= 11 is 0. The number of nitrogens with one attached hydrogen (secondary N) is 1. The Hall–Kier alpha value is -2.77. The van der Waals surface area contributed by atoms with Gasteiger partial charge in [0.25, 0.3) is 5.69 Å². The highest BCUT2D eigenvalue weighted by molar-refractivity contribution is 5.89. The molecule has 1 aliphatic rings. The highest BCUT2D eigenvalue weighted by atomic mass is 16.6. The van der Waals surface area contributed by atoms with E-state index in [1.165, 1.54) is 18.2 Å². The molecule has 0 radical (unpaired) electrons. The number of amides is 2. The number of nitrogens with two attached hydrogens (primary N) is 1. The van der Waals surface area contributed by atoms with E-state index in [1.807, 2.05) is 0 Å². The zero-order valence-electron chi connectivity index (χ0n) is 13.1. The van der Waals surface area contributed by atoms with Crippen molar-refractivity contribution in [1.29, 1.82) is 0 Å². The van der Waals surface area contributed by atoms with Crippen molar-refractivity contribution >= 4 is 23.3 Å². The van der Waals surface area contributed by atoms with Gasteiger partial charge in [-0.15, -0.1) is 0 Å². The molecule has 2 rings (SSSR count). The topological polar surface area (TPSA) is 132 Å². The van der Waals surface area contributed by atoms with E-state index in [0.29, 0.717) is 24.8 Å². The zero-order chi connectivity index (χ0) is 17.7. The minimum absolute atomic E-state index is 0.0606. The van der Waals surface area contributed by atoms with Crippen LogP contribution in [-0.2, 0) is 20.8 Å². The number of non-ortho nitro benzene ring substituents is 1. The van der Waals surface area contributed by atoms with Crippen LogP contribution in [0.2, 0.25) is 0 Å². The van der Waals surface area contributed by atoms with Crippen LogP contribution in [0.3, 0.4) is 0 Å². The highest BCUT2D eigenvalue weighted by Crippen LogP contribution is 2.24. The van der Waals surface area contributed by atoms with Crippen molar-refractivity contribution in [2.24, 2.45) is 11.7 Å². The molecular weight excluding hydrogens is 314 g/mol. The first kappa shape index (κ1) is 17.6. The smallest absolute Gasteiger partial charge is 0.269 e. The van der Waals surface area contributed by atoms with Gasteiger partial charge in [-0.05, 0) is 24.3 Å². The fourth-order valence-electron chi connectivity index (χ4n) is 2.95. The van der Waals surface area contributed by atoms with Crippen molar-refractivity contribution in [2.45, 2.75) is 38.1 Å². The average Bonchev–Trinajstić information content (AvgIpc) is 2.52. The van der Waals surface area contributed by atoms with Crippen LogP contribution in [0.25, 0.3) is 0 Å². The fourth-order valence-corrected chi connectivity index (χ4v) is 2.95. The van der Waals surface area contributed by atoms with E-state index in [4.69, 9.17) is 5.73 Å². The minimum Gasteiger partial charge on any atom is -0.368 e. The van der Waals surface area contributed by atoms with Gasteiger partial charge >= 0.3 is 0 Å². The van der Waals surface area contributed by atoms with Gasteiger partial charge in [-0.2, -0.15) is 0 Å². The van der Waals surface area contributed by atoms with Gasteiger partial charge in [-0.3, -0.25) is 24.5 Å². The number of nitrogens with zero attached hydrogens (tertiary/aromatic N) is 1. The van der Waals surface area contributed by atoms with E-state index in [9.17, 15) is 24.5 Å². The maximum atomic E-state index is 12.2. The molecule has 1 saturated carbocycles. The van der Waals surface area contributed by atoms with Crippen LogP contribution in [0.5, 0.6) is 0 Å². The van der Waals surface area contributed by atoms with E-state index in [1.54, 1.807) is 6.07 Å². The van der Waals surface area contributed by atoms with Gasteiger partial charge in [0.1, 0.15) is 11.8 Å². The van der Waals surface area contributed by atoms with Crippen molar-refractivity contribution in [2.75, 3.05) is 0 Å². The summed E-state index contributed by atoms with van der Waals surface area (Å²) in [7, 11) is 0. The Morgan fingerprint density at radius 1 is 1.42 bits per heavy atom. The number of primary amides is 1. The third kappa shape index (κ3) is 4.61. The first-order valence-electron chi connectivity index (χ1n) is 7.70. The first-order chi connectivity index (χ1) is 11.4. The molecule has 0 spiro atoms. The number of nitro groups is 1. The van der Waals surface area contributed by atoms with Crippen LogP contribution in [0.4, 0.5) is 5.69 Å². The molecule has 1 aromatic carbocycles. The molecule has 1 aliphatic carbocycles.